The molecule has 0 spiro atoms. The van der Waals surface area contributed by atoms with Gasteiger partial charge in [-0.05, 0) is 36.6 Å². The Kier molecular flexibility index (Phi) is 4.25. The van der Waals surface area contributed by atoms with Gasteiger partial charge in [-0.1, -0.05) is 6.92 Å². The predicted molar refractivity (Wildman–Crippen MR) is 76.8 cm³/mol. The molecule has 6 nitrogen and oxygen atoms in total. The summed E-state index contributed by atoms with van der Waals surface area (Å²) in [7, 11) is -2.15. The first kappa shape index (κ1) is 15.8. The number of rotatable bonds is 4. The van der Waals surface area contributed by atoms with Gasteiger partial charge >= 0.3 is 5.97 Å². The minimum absolute atomic E-state index is 0.0178. The first-order valence-electron chi connectivity index (χ1n) is 6.65. The Bertz CT molecular complexity index is 655. The molecule has 1 heterocycles. The van der Waals surface area contributed by atoms with E-state index in [0.29, 0.717) is 5.75 Å². The molecule has 2 atom stereocenters. The van der Waals surface area contributed by atoms with Crippen LogP contribution in [0.4, 0.5) is 0 Å². The summed E-state index contributed by atoms with van der Waals surface area (Å²) < 4.78 is 31.5. The summed E-state index contributed by atoms with van der Waals surface area (Å²) in [5.41, 5.74) is 0.723. The fourth-order valence-corrected chi connectivity index (χ4v) is 4.25. The van der Waals surface area contributed by atoms with Crippen LogP contribution in [-0.2, 0) is 14.8 Å². The molecule has 0 bridgehead atoms. The zero-order valence-electron chi connectivity index (χ0n) is 12.2. The SMILES string of the molecule is COc1ccc(S(=O)(=O)N2C[C@@H](C)[C@H](C(=O)O)C2)cc1C. The molecule has 1 aromatic rings. The summed E-state index contributed by atoms with van der Waals surface area (Å²) in [6.45, 7) is 3.77. The molecule has 21 heavy (non-hydrogen) atoms. The molecule has 1 aromatic carbocycles. The lowest BCUT2D eigenvalue weighted by atomic mass is 9.99. The molecule has 0 aliphatic carbocycles. The number of hydrogen-bond acceptors (Lipinski definition) is 4. The Morgan fingerprint density at radius 3 is 2.52 bits per heavy atom. The van der Waals surface area contributed by atoms with Gasteiger partial charge in [0.2, 0.25) is 10.0 Å². The number of sulfonamides is 1. The monoisotopic (exact) mass is 313 g/mol. The maximum absolute atomic E-state index is 12.6. The van der Waals surface area contributed by atoms with E-state index in [1.165, 1.54) is 17.5 Å². The maximum atomic E-state index is 12.6. The van der Waals surface area contributed by atoms with Crippen LogP contribution in [0.15, 0.2) is 23.1 Å². The van der Waals surface area contributed by atoms with Gasteiger partial charge in [0.25, 0.3) is 0 Å². The molecule has 0 unspecified atom stereocenters. The van der Waals surface area contributed by atoms with E-state index in [4.69, 9.17) is 9.84 Å². The lowest BCUT2D eigenvalue weighted by molar-refractivity contribution is -0.142. The van der Waals surface area contributed by atoms with Crippen molar-refractivity contribution in [2.75, 3.05) is 20.2 Å². The number of benzene rings is 1. The van der Waals surface area contributed by atoms with Gasteiger partial charge in [-0.15, -0.1) is 0 Å². The van der Waals surface area contributed by atoms with Gasteiger partial charge in [0.1, 0.15) is 5.75 Å². The third-order valence-electron chi connectivity index (χ3n) is 3.90. The number of carboxylic acid groups (broad SMARTS) is 1. The fourth-order valence-electron chi connectivity index (χ4n) is 2.60. The molecular weight excluding hydrogens is 294 g/mol. The van der Waals surface area contributed by atoms with Crippen LogP contribution >= 0.6 is 0 Å². The number of nitrogens with zero attached hydrogens (tertiary/aromatic N) is 1. The van der Waals surface area contributed by atoms with Crippen molar-refractivity contribution >= 4 is 16.0 Å². The van der Waals surface area contributed by atoms with Gasteiger partial charge < -0.3 is 9.84 Å². The fraction of sp³-hybridized carbons (Fsp3) is 0.500. The zero-order valence-corrected chi connectivity index (χ0v) is 13.1. The molecule has 7 heteroatoms. The highest BCUT2D eigenvalue weighted by molar-refractivity contribution is 7.89. The molecule has 1 aliphatic rings. The third kappa shape index (κ3) is 2.89. The average molecular weight is 313 g/mol. The largest absolute Gasteiger partial charge is 0.496 e. The molecule has 0 amide bonds. The number of carboxylic acids is 1. The lowest BCUT2D eigenvalue weighted by Crippen LogP contribution is -2.30. The summed E-state index contributed by atoms with van der Waals surface area (Å²) in [6, 6.07) is 4.64. The normalized spacial score (nSPS) is 23.2. The van der Waals surface area contributed by atoms with Crippen LogP contribution in [0.5, 0.6) is 5.75 Å². The van der Waals surface area contributed by atoms with Crippen LogP contribution in [0.25, 0.3) is 0 Å². The van der Waals surface area contributed by atoms with Crippen molar-refractivity contribution in [3.05, 3.63) is 23.8 Å². The van der Waals surface area contributed by atoms with E-state index in [1.54, 1.807) is 26.0 Å². The second-order valence-electron chi connectivity index (χ2n) is 5.38. The summed E-state index contributed by atoms with van der Waals surface area (Å²) in [4.78, 5) is 11.3. The van der Waals surface area contributed by atoms with Crippen LogP contribution in [0.3, 0.4) is 0 Å². The van der Waals surface area contributed by atoms with Crippen molar-refractivity contribution in [2.24, 2.45) is 11.8 Å². The Morgan fingerprint density at radius 2 is 2.05 bits per heavy atom. The van der Waals surface area contributed by atoms with Gasteiger partial charge in [-0.3, -0.25) is 4.79 Å². The molecule has 0 aromatic heterocycles. The van der Waals surface area contributed by atoms with E-state index < -0.39 is 21.9 Å². The van der Waals surface area contributed by atoms with Crippen LogP contribution in [0.2, 0.25) is 0 Å². The molecule has 1 N–H and O–H groups in total. The van der Waals surface area contributed by atoms with E-state index in [-0.39, 0.29) is 23.9 Å². The standard InChI is InChI=1S/C14H19NO5S/c1-9-6-11(4-5-13(9)20-3)21(18,19)15-7-10(2)12(8-15)14(16)17/h4-6,10,12H,7-8H2,1-3H3,(H,16,17)/t10-,12-/m1/s1. The molecule has 2 rings (SSSR count). The average Bonchev–Trinajstić information content (AvgIpc) is 2.81. The number of aliphatic carboxylic acids is 1. The van der Waals surface area contributed by atoms with Gasteiger partial charge in [0, 0.05) is 13.1 Å². The Morgan fingerprint density at radius 1 is 1.38 bits per heavy atom. The lowest BCUT2D eigenvalue weighted by Gasteiger charge is -2.17. The van der Waals surface area contributed by atoms with E-state index in [1.807, 2.05) is 0 Å². The Balaban J connectivity index is 2.31. The number of aryl methyl sites for hydroxylation is 1. The number of ether oxygens (including phenoxy) is 1. The predicted octanol–water partition coefficient (Wildman–Crippen LogP) is 1.34. The molecule has 1 aliphatic heterocycles. The quantitative estimate of drug-likeness (QED) is 0.907. The van der Waals surface area contributed by atoms with Crippen molar-refractivity contribution in [2.45, 2.75) is 18.7 Å². The molecule has 1 fully saturated rings. The summed E-state index contributed by atoms with van der Waals surface area (Å²) in [6.07, 6.45) is 0. The summed E-state index contributed by atoms with van der Waals surface area (Å²) in [5, 5.41) is 9.11. The highest BCUT2D eigenvalue weighted by atomic mass is 32.2. The first-order chi connectivity index (χ1) is 9.77. The molecule has 0 saturated carbocycles. The van der Waals surface area contributed by atoms with Gasteiger partial charge in [-0.25, -0.2) is 8.42 Å². The van der Waals surface area contributed by atoms with Gasteiger partial charge in [-0.2, -0.15) is 4.31 Å². The smallest absolute Gasteiger partial charge is 0.308 e. The highest BCUT2D eigenvalue weighted by Crippen LogP contribution is 2.30. The van der Waals surface area contributed by atoms with Gasteiger partial charge in [0.05, 0.1) is 17.9 Å². The van der Waals surface area contributed by atoms with Gasteiger partial charge in [0.15, 0.2) is 0 Å². The van der Waals surface area contributed by atoms with Crippen LogP contribution < -0.4 is 4.74 Å². The van der Waals surface area contributed by atoms with Crippen molar-refractivity contribution in [3.63, 3.8) is 0 Å². The molecule has 1 saturated heterocycles. The second-order valence-corrected chi connectivity index (χ2v) is 7.31. The minimum Gasteiger partial charge on any atom is -0.496 e. The van der Waals surface area contributed by atoms with E-state index in [0.717, 1.165) is 5.56 Å². The van der Waals surface area contributed by atoms with Crippen LogP contribution in [0.1, 0.15) is 12.5 Å². The van der Waals surface area contributed by atoms with Crippen molar-refractivity contribution < 1.29 is 23.1 Å². The Hall–Kier alpha value is -1.60. The van der Waals surface area contributed by atoms with Crippen molar-refractivity contribution in [3.8, 4) is 5.75 Å². The second kappa shape index (κ2) is 5.65. The van der Waals surface area contributed by atoms with E-state index in [9.17, 15) is 13.2 Å². The topological polar surface area (TPSA) is 83.9 Å². The van der Waals surface area contributed by atoms with Crippen LogP contribution in [-0.4, -0.2) is 44.0 Å². The maximum Gasteiger partial charge on any atom is 0.308 e. The summed E-state index contributed by atoms with van der Waals surface area (Å²) >= 11 is 0. The van der Waals surface area contributed by atoms with Crippen molar-refractivity contribution in [1.82, 2.24) is 4.31 Å². The first-order valence-corrected chi connectivity index (χ1v) is 8.09. The van der Waals surface area contributed by atoms with Crippen molar-refractivity contribution in [1.29, 1.82) is 0 Å². The number of methoxy groups -OCH3 is 1. The van der Waals surface area contributed by atoms with E-state index >= 15 is 0 Å². The Labute approximate surface area is 124 Å². The molecule has 116 valence electrons. The van der Waals surface area contributed by atoms with Crippen LogP contribution in [0, 0.1) is 18.8 Å². The molecular formula is C14H19NO5S. The number of carbonyl (C=O) groups is 1. The highest BCUT2D eigenvalue weighted by Gasteiger charge is 2.40. The summed E-state index contributed by atoms with van der Waals surface area (Å²) in [5.74, 6) is -1.19. The number of hydrogen-bond donors (Lipinski definition) is 1. The minimum atomic E-state index is -3.67. The molecule has 0 radical (unpaired) electrons. The third-order valence-corrected chi connectivity index (χ3v) is 5.73. The van der Waals surface area contributed by atoms with E-state index in [2.05, 4.69) is 0 Å². The zero-order chi connectivity index (χ0) is 15.8.